The van der Waals surface area contributed by atoms with Crippen LogP contribution in [0.25, 0.3) is 5.69 Å². The number of halogens is 1. The van der Waals surface area contributed by atoms with Crippen LogP contribution in [0.2, 0.25) is 4.34 Å². The lowest BCUT2D eigenvalue weighted by Crippen LogP contribution is -1.97. The fourth-order valence-electron chi connectivity index (χ4n) is 1.89. The predicted octanol–water partition coefficient (Wildman–Crippen LogP) is 4.58. The Bertz CT molecular complexity index is 721. The zero-order chi connectivity index (χ0) is 13.9. The van der Waals surface area contributed by atoms with Gasteiger partial charge in [-0.15, -0.1) is 21.5 Å². The molecule has 0 aliphatic rings. The van der Waals surface area contributed by atoms with Crippen LogP contribution < -0.4 is 0 Å². The van der Waals surface area contributed by atoms with Crippen molar-refractivity contribution in [1.29, 1.82) is 0 Å². The molecule has 0 saturated heterocycles. The number of aryl methyl sites for hydroxylation is 1. The molecule has 0 N–H and O–H groups in total. The maximum Gasteiger partial charge on any atom is 0.195 e. The molecule has 3 aromatic rings. The van der Waals surface area contributed by atoms with Crippen molar-refractivity contribution < 1.29 is 0 Å². The molecular weight excluding hydrogens is 310 g/mol. The molecule has 0 amide bonds. The van der Waals surface area contributed by atoms with Crippen molar-refractivity contribution in [1.82, 2.24) is 14.8 Å². The van der Waals surface area contributed by atoms with E-state index in [0.29, 0.717) is 0 Å². The predicted molar refractivity (Wildman–Crippen MR) is 85.0 cm³/mol. The van der Waals surface area contributed by atoms with Gasteiger partial charge in [-0.05, 0) is 30.7 Å². The third-order valence-corrected chi connectivity index (χ3v) is 5.27. The third kappa shape index (κ3) is 2.90. The molecule has 0 unspecified atom stereocenters. The molecule has 0 bridgehead atoms. The second-order valence-corrected chi connectivity index (χ2v) is 7.01. The van der Waals surface area contributed by atoms with Gasteiger partial charge in [0.15, 0.2) is 5.16 Å². The zero-order valence-electron chi connectivity index (χ0n) is 10.8. The van der Waals surface area contributed by atoms with E-state index in [4.69, 9.17) is 11.6 Å². The molecule has 0 fully saturated rings. The van der Waals surface area contributed by atoms with Gasteiger partial charge in [0, 0.05) is 10.6 Å². The van der Waals surface area contributed by atoms with Gasteiger partial charge < -0.3 is 0 Å². The Morgan fingerprint density at radius 2 is 2.10 bits per heavy atom. The molecule has 0 spiro atoms. The highest BCUT2D eigenvalue weighted by atomic mass is 35.5. The Kier molecular flexibility index (Phi) is 4.10. The molecule has 3 rings (SSSR count). The van der Waals surface area contributed by atoms with Gasteiger partial charge in [0.1, 0.15) is 6.33 Å². The topological polar surface area (TPSA) is 30.7 Å². The molecule has 3 nitrogen and oxygen atoms in total. The van der Waals surface area contributed by atoms with Gasteiger partial charge >= 0.3 is 0 Å². The minimum atomic E-state index is 0.820. The molecule has 1 aromatic carbocycles. The monoisotopic (exact) mass is 321 g/mol. The highest BCUT2D eigenvalue weighted by Crippen LogP contribution is 2.29. The van der Waals surface area contributed by atoms with E-state index in [9.17, 15) is 0 Å². The maximum absolute atomic E-state index is 5.95. The van der Waals surface area contributed by atoms with Crippen molar-refractivity contribution in [2.24, 2.45) is 0 Å². The summed E-state index contributed by atoms with van der Waals surface area (Å²) in [6, 6.07) is 12.2. The SMILES string of the molecule is Cc1ccccc1-n1cnnc1SCc1ccc(Cl)s1. The quantitative estimate of drug-likeness (QED) is 0.659. The molecule has 0 aliphatic carbocycles. The smallest absolute Gasteiger partial charge is 0.195 e. The normalized spacial score (nSPS) is 10.9. The Balaban J connectivity index is 1.82. The first-order valence-corrected chi connectivity index (χ1v) is 8.25. The number of hydrogen-bond donors (Lipinski definition) is 0. The number of hydrogen-bond acceptors (Lipinski definition) is 4. The van der Waals surface area contributed by atoms with Gasteiger partial charge in [-0.1, -0.05) is 41.6 Å². The van der Waals surface area contributed by atoms with E-state index >= 15 is 0 Å². The number of thiophene rings is 1. The van der Waals surface area contributed by atoms with E-state index in [1.807, 2.05) is 22.8 Å². The summed E-state index contributed by atoms with van der Waals surface area (Å²) in [4.78, 5) is 1.24. The molecule has 102 valence electrons. The summed E-state index contributed by atoms with van der Waals surface area (Å²) in [5.74, 6) is 0.849. The second kappa shape index (κ2) is 5.99. The zero-order valence-corrected chi connectivity index (χ0v) is 13.2. The van der Waals surface area contributed by atoms with Gasteiger partial charge in [0.2, 0.25) is 0 Å². The summed E-state index contributed by atoms with van der Waals surface area (Å²) in [5, 5.41) is 9.12. The Labute approximate surface area is 130 Å². The number of para-hydroxylation sites is 1. The third-order valence-electron chi connectivity index (χ3n) is 2.86. The molecule has 20 heavy (non-hydrogen) atoms. The molecule has 2 heterocycles. The van der Waals surface area contributed by atoms with Crippen molar-refractivity contribution in [3.8, 4) is 5.69 Å². The van der Waals surface area contributed by atoms with Crippen LogP contribution in [0, 0.1) is 6.92 Å². The Morgan fingerprint density at radius 1 is 1.25 bits per heavy atom. The lowest BCUT2D eigenvalue weighted by molar-refractivity contribution is 0.878. The summed E-state index contributed by atoms with van der Waals surface area (Å²) in [7, 11) is 0. The van der Waals surface area contributed by atoms with Crippen LogP contribution in [0.3, 0.4) is 0 Å². The fraction of sp³-hybridized carbons (Fsp3) is 0.143. The Morgan fingerprint density at radius 3 is 2.85 bits per heavy atom. The average molecular weight is 322 g/mol. The van der Waals surface area contributed by atoms with Crippen LogP contribution in [0.15, 0.2) is 47.9 Å². The van der Waals surface area contributed by atoms with Crippen molar-refractivity contribution in [3.63, 3.8) is 0 Å². The van der Waals surface area contributed by atoms with Crippen molar-refractivity contribution in [2.75, 3.05) is 0 Å². The van der Waals surface area contributed by atoms with E-state index in [1.54, 1.807) is 29.4 Å². The minimum absolute atomic E-state index is 0.820. The highest BCUT2D eigenvalue weighted by molar-refractivity contribution is 7.98. The molecule has 0 aliphatic heterocycles. The lowest BCUT2D eigenvalue weighted by atomic mass is 10.2. The van der Waals surface area contributed by atoms with E-state index in [1.165, 1.54) is 10.4 Å². The van der Waals surface area contributed by atoms with Crippen LogP contribution in [0.1, 0.15) is 10.4 Å². The fourth-order valence-corrected chi connectivity index (χ4v) is 3.94. The van der Waals surface area contributed by atoms with Gasteiger partial charge in [-0.2, -0.15) is 0 Å². The maximum atomic E-state index is 5.95. The molecule has 2 aromatic heterocycles. The van der Waals surface area contributed by atoms with Crippen LogP contribution in [0.5, 0.6) is 0 Å². The summed E-state index contributed by atoms with van der Waals surface area (Å²) in [6.07, 6.45) is 1.76. The van der Waals surface area contributed by atoms with E-state index in [0.717, 1.165) is 20.9 Å². The number of nitrogens with zero attached hydrogens (tertiary/aromatic N) is 3. The van der Waals surface area contributed by atoms with Crippen LogP contribution in [-0.4, -0.2) is 14.8 Å². The standard InChI is InChI=1S/C14H12ClN3S2/c1-10-4-2-3-5-12(10)18-9-16-17-14(18)19-8-11-6-7-13(15)20-11/h2-7,9H,8H2,1H3. The van der Waals surface area contributed by atoms with E-state index in [-0.39, 0.29) is 0 Å². The molecule has 0 radical (unpaired) electrons. The summed E-state index contributed by atoms with van der Waals surface area (Å²) in [6.45, 7) is 2.09. The van der Waals surface area contributed by atoms with E-state index in [2.05, 4.69) is 35.3 Å². The number of thioether (sulfide) groups is 1. The van der Waals surface area contributed by atoms with Crippen molar-refractivity contribution in [2.45, 2.75) is 17.8 Å². The molecule has 0 atom stereocenters. The first kappa shape index (κ1) is 13.7. The van der Waals surface area contributed by atoms with Crippen molar-refractivity contribution in [3.05, 3.63) is 57.5 Å². The van der Waals surface area contributed by atoms with Gasteiger partial charge in [0.05, 0.1) is 10.0 Å². The minimum Gasteiger partial charge on any atom is -0.276 e. The van der Waals surface area contributed by atoms with Crippen LogP contribution in [-0.2, 0) is 5.75 Å². The van der Waals surface area contributed by atoms with E-state index < -0.39 is 0 Å². The van der Waals surface area contributed by atoms with Crippen molar-refractivity contribution >= 4 is 34.7 Å². The Hall–Kier alpha value is -1.30. The summed E-state index contributed by atoms with van der Waals surface area (Å²) in [5.41, 5.74) is 2.32. The number of rotatable bonds is 4. The second-order valence-electron chi connectivity index (χ2n) is 4.26. The largest absolute Gasteiger partial charge is 0.276 e. The van der Waals surface area contributed by atoms with Gasteiger partial charge in [0.25, 0.3) is 0 Å². The number of benzene rings is 1. The van der Waals surface area contributed by atoms with Crippen LogP contribution in [0.4, 0.5) is 0 Å². The highest BCUT2D eigenvalue weighted by Gasteiger charge is 2.09. The number of aromatic nitrogens is 3. The van der Waals surface area contributed by atoms with Gasteiger partial charge in [-0.25, -0.2) is 0 Å². The first-order chi connectivity index (χ1) is 9.74. The lowest BCUT2D eigenvalue weighted by Gasteiger charge is -2.08. The molecule has 0 saturated carbocycles. The molecule has 6 heteroatoms. The molecular formula is C14H12ClN3S2. The van der Waals surface area contributed by atoms with Crippen LogP contribution >= 0.6 is 34.7 Å². The first-order valence-electron chi connectivity index (χ1n) is 6.07. The van der Waals surface area contributed by atoms with Gasteiger partial charge in [-0.3, -0.25) is 4.57 Å². The summed E-state index contributed by atoms with van der Waals surface area (Å²) >= 11 is 9.21. The summed E-state index contributed by atoms with van der Waals surface area (Å²) < 4.78 is 2.84. The average Bonchev–Trinajstić information content (AvgIpc) is 3.06.